The number of allylic oxidation sites excluding steroid dienone is 2. The van der Waals surface area contributed by atoms with Crippen LogP contribution in [0.3, 0.4) is 0 Å². The molecule has 0 fully saturated rings. The number of rotatable bonds is 8. The molecule has 0 aromatic heterocycles. The molecule has 0 unspecified atom stereocenters. The second kappa shape index (κ2) is 8.27. The first-order chi connectivity index (χ1) is 8.72. The second-order valence-corrected chi connectivity index (χ2v) is 4.73. The van der Waals surface area contributed by atoms with E-state index in [1.807, 2.05) is 16.7 Å². The van der Waals surface area contributed by atoms with Crippen molar-refractivity contribution in [2.45, 2.75) is 39.5 Å². The number of aliphatic hydroxyl groups is 1. The van der Waals surface area contributed by atoms with Gasteiger partial charge in [0.1, 0.15) is 0 Å². The highest BCUT2D eigenvalue weighted by molar-refractivity contribution is 5.80. The van der Waals surface area contributed by atoms with Crippen molar-refractivity contribution in [3.8, 4) is 0 Å². The van der Waals surface area contributed by atoms with E-state index < -0.39 is 0 Å². The fourth-order valence-electron chi connectivity index (χ4n) is 2.44. The minimum absolute atomic E-state index is 0.113. The van der Waals surface area contributed by atoms with Crippen LogP contribution in [-0.4, -0.2) is 53.6 Å². The second-order valence-electron chi connectivity index (χ2n) is 4.73. The van der Waals surface area contributed by atoms with Crippen molar-refractivity contribution in [1.82, 2.24) is 9.80 Å². The SMILES string of the molecule is CCCN(CCO)CC(=O)N(CC)C1=CCCC1. The van der Waals surface area contributed by atoms with E-state index in [9.17, 15) is 4.79 Å². The lowest BCUT2D eigenvalue weighted by atomic mass is 10.3. The molecule has 0 radical (unpaired) electrons. The van der Waals surface area contributed by atoms with E-state index in [0.717, 1.165) is 38.8 Å². The van der Waals surface area contributed by atoms with Gasteiger partial charge in [0.2, 0.25) is 5.91 Å². The molecule has 4 nitrogen and oxygen atoms in total. The van der Waals surface area contributed by atoms with Gasteiger partial charge in [-0.2, -0.15) is 0 Å². The zero-order chi connectivity index (χ0) is 13.4. The van der Waals surface area contributed by atoms with Crippen molar-refractivity contribution in [1.29, 1.82) is 0 Å². The number of hydrogen-bond acceptors (Lipinski definition) is 3. The number of nitrogens with zero attached hydrogens (tertiary/aromatic N) is 2. The maximum atomic E-state index is 12.3. The van der Waals surface area contributed by atoms with Gasteiger partial charge in [0.15, 0.2) is 0 Å². The molecule has 0 spiro atoms. The molecule has 0 aliphatic heterocycles. The molecule has 0 heterocycles. The Morgan fingerprint density at radius 1 is 1.39 bits per heavy atom. The number of likely N-dealkylation sites (N-methyl/N-ethyl adjacent to an activating group) is 1. The van der Waals surface area contributed by atoms with E-state index in [-0.39, 0.29) is 12.5 Å². The molecule has 1 rings (SSSR count). The van der Waals surface area contributed by atoms with Gasteiger partial charge in [0.05, 0.1) is 13.2 Å². The lowest BCUT2D eigenvalue weighted by molar-refractivity contribution is -0.130. The first kappa shape index (κ1) is 15.2. The average molecular weight is 254 g/mol. The van der Waals surface area contributed by atoms with E-state index in [1.165, 1.54) is 5.70 Å². The lowest BCUT2D eigenvalue weighted by Gasteiger charge is -2.27. The number of carbonyl (C=O) groups excluding carboxylic acids is 1. The van der Waals surface area contributed by atoms with Crippen LogP contribution in [0.25, 0.3) is 0 Å². The van der Waals surface area contributed by atoms with E-state index in [2.05, 4.69) is 13.0 Å². The fourth-order valence-corrected chi connectivity index (χ4v) is 2.44. The molecule has 18 heavy (non-hydrogen) atoms. The summed E-state index contributed by atoms with van der Waals surface area (Å²) in [5.74, 6) is 0.160. The Bertz CT molecular complexity index is 284. The first-order valence-corrected chi connectivity index (χ1v) is 7.05. The van der Waals surface area contributed by atoms with Gasteiger partial charge in [-0.3, -0.25) is 9.69 Å². The molecule has 0 saturated carbocycles. The fraction of sp³-hybridized carbons (Fsp3) is 0.786. The van der Waals surface area contributed by atoms with Crippen molar-refractivity contribution >= 4 is 5.91 Å². The van der Waals surface area contributed by atoms with E-state index in [1.54, 1.807) is 0 Å². The largest absolute Gasteiger partial charge is 0.395 e. The molecular formula is C14H26N2O2. The Morgan fingerprint density at radius 2 is 2.17 bits per heavy atom. The van der Waals surface area contributed by atoms with Gasteiger partial charge >= 0.3 is 0 Å². The molecule has 4 heteroatoms. The third kappa shape index (κ3) is 4.42. The lowest BCUT2D eigenvalue weighted by Crippen LogP contribution is -2.41. The zero-order valence-corrected chi connectivity index (χ0v) is 11.7. The summed E-state index contributed by atoms with van der Waals surface area (Å²) in [6.45, 7) is 6.82. The summed E-state index contributed by atoms with van der Waals surface area (Å²) in [5, 5.41) is 9.01. The Balaban J connectivity index is 2.54. The molecule has 0 bridgehead atoms. The summed E-state index contributed by atoms with van der Waals surface area (Å²) in [4.78, 5) is 16.2. The maximum Gasteiger partial charge on any atom is 0.240 e. The number of carbonyl (C=O) groups is 1. The van der Waals surface area contributed by atoms with Crippen LogP contribution in [-0.2, 0) is 4.79 Å². The van der Waals surface area contributed by atoms with Gasteiger partial charge in [0, 0.05) is 18.8 Å². The van der Waals surface area contributed by atoms with Gasteiger partial charge in [-0.1, -0.05) is 13.0 Å². The highest BCUT2D eigenvalue weighted by Gasteiger charge is 2.20. The van der Waals surface area contributed by atoms with Crippen LogP contribution in [0.15, 0.2) is 11.8 Å². The van der Waals surface area contributed by atoms with Gasteiger partial charge in [-0.05, 0) is 39.2 Å². The van der Waals surface area contributed by atoms with Gasteiger partial charge < -0.3 is 10.0 Å². The quantitative estimate of drug-likeness (QED) is 0.715. The standard InChI is InChI=1S/C14H26N2O2/c1-3-9-15(10-11-17)12-14(18)16(4-2)13-7-5-6-8-13/h7,17H,3-6,8-12H2,1-2H3. The van der Waals surface area contributed by atoms with Crippen molar-refractivity contribution in [3.05, 3.63) is 11.8 Å². The molecule has 104 valence electrons. The summed E-state index contributed by atoms with van der Waals surface area (Å²) in [6.07, 6.45) is 6.45. The van der Waals surface area contributed by atoms with E-state index >= 15 is 0 Å². The molecule has 0 aromatic carbocycles. The molecule has 0 aromatic rings. The summed E-state index contributed by atoms with van der Waals surface area (Å²) in [6, 6.07) is 0. The van der Waals surface area contributed by atoms with E-state index in [4.69, 9.17) is 5.11 Å². The minimum Gasteiger partial charge on any atom is -0.395 e. The molecule has 1 amide bonds. The summed E-state index contributed by atoms with van der Waals surface area (Å²) in [5.41, 5.74) is 1.18. The Kier molecular flexibility index (Phi) is 6.98. The first-order valence-electron chi connectivity index (χ1n) is 7.05. The minimum atomic E-state index is 0.113. The monoisotopic (exact) mass is 254 g/mol. The number of hydrogen-bond donors (Lipinski definition) is 1. The van der Waals surface area contributed by atoms with Crippen LogP contribution in [0.5, 0.6) is 0 Å². The van der Waals surface area contributed by atoms with Crippen molar-refractivity contribution in [2.24, 2.45) is 0 Å². The topological polar surface area (TPSA) is 43.8 Å². The zero-order valence-electron chi connectivity index (χ0n) is 11.7. The third-order valence-corrected chi connectivity index (χ3v) is 3.30. The summed E-state index contributed by atoms with van der Waals surface area (Å²) < 4.78 is 0. The van der Waals surface area contributed by atoms with Crippen LogP contribution >= 0.6 is 0 Å². The summed E-state index contributed by atoms with van der Waals surface area (Å²) in [7, 11) is 0. The smallest absolute Gasteiger partial charge is 0.240 e. The molecule has 0 atom stereocenters. The Hall–Kier alpha value is -0.870. The number of aliphatic hydroxyl groups excluding tert-OH is 1. The van der Waals surface area contributed by atoms with Crippen molar-refractivity contribution in [2.75, 3.05) is 32.8 Å². The predicted octanol–water partition coefficient (Wildman–Crippen LogP) is 1.61. The van der Waals surface area contributed by atoms with Gasteiger partial charge in [0.25, 0.3) is 0 Å². The Morgan fingerprint density at radius 3 is 2.67 bits per heavy atom. The normalized spacial score (nSPS) is 15.0. The van der Waals surface area contributed by atoms with Crippen LogP contribution in [0.4, 0.5) is 0 Å². The van der Waals surface area contributed by atoms with Crippen molar-refractivity contribution in [3.63, 3.8) is 0 Å². The third-order valence-electron chi connectivity index (χ3n) is 3.30. The predicted molar refractivity (Wildman–Crippen MR) is 73.1 cm³/mol. The highest BCUT2D eigenvalue weighted by Crippen LogP contribution is 2.21. The maximum absolute atomic E-state index is 12.3. The highest BCUT2D eigenvalue weighted by atomic mass is 16.3. The molecule has 1 aliphatic carbocycles. The average Bonchev–Trinajstić information content (AvgIpc) is 2.84. The van der Waals surface area contributed by atoms with Crippen LogP contribution in [0, 0.1) is 0 Å². The molecular weight excluding hydrogens is 228 g/mol. The summed E-state index contributed by atoms with van der Waals surface area (Å²) >= 11 is 0. The number of amides is 1. The molecule has 1 N–H and O–H groups in total. The van der Waals surface area contributed by atoms with Crippen LogP contribution in [0.1, 0.15) is 39.5 Å². The van der Waals surface area contributed by atoms with Crippen LogP contribution in [0.2, 0.25) is 0 Å². The molecule has 0 saturated heterocycles. The van der Waals surface area contributed by atoms with Crippen molar-refractivity contribution < 1.29 is 9.90 Å². The van der Waals surface area contributed by atoms with Gasteiger partial charge in [-0.15, -0.1) is 0 Å². The molecule has 1 aliphatic rings. The van der Waals surface area contributed by atoms with E-state index in [0.29, 0.717) is 13.1 Å². The Labute approximate surface area is 110 Å². The van der Waals surface area contributed by atoms with Gasteiger partial charge in [-0.25, -0.2) is 0 Å². The van der Waals surface area contributed by atoms with Crippen LogP contribution < -0.4 is 0 Å².